The van der Waals surface area contributed by atoms with Crippen molar-refractivity contribution in [2.24, 2.45) is 0 Å². The zero-order chi connectivity index (χ0) is 17.1. The normalized spacial score (nSPS) is 18.2. The van der Waals surface area contributed by atoms with Crippen molar-refractivity contribution in [1.82, 2.24) is 4.90 Å². The minimum Gasteiger partial charge on any atom is -0.503 e. The second kappa shape index (κ2) is 7.12. The molecule has 124 valence electrons. The molecule has 0 saturated heterocycles. The number of ether oxygens (including phenoxy) is 2. The summed E-state index contributed by atoms with van der Waals surface area (Å²) in [5.74, 6) is -1.61. The fourth-order valence-corrected chi connectivity index (χ4v) is 2.87. The van der Waals surface area contributed by atoms with Crippen LogP contribution < -0.4 is 0 Å². The van der Waals surface area contributed by atoms with Crippen LogP contribution in [0.25, 0.3) is 0 Å². The summed E-state index contributed by atoms with van der Waals surface area (Å²) in [6.07, 6.45) is -0.692. The highest BCUT2D eigenvalue weighted by Gasteiger charge is 2.43. The van der Waals surface area contributed by atoms with Gasteiger partial charge in [-0.3, -0.25) is 9.59 Å². The first kappa shape index (κ1) is 17.5. The van der Waals surface area contributed by atoms with E-state index >= 15 is 0 Å². The molecule has 1 aromatic rings. The van der Waals surface area contributed by atoms with Crippen LogP contribution in [0.4, 0.5) is 0 Å². The minimum atomic E-state index is -0.776. The van der Waals surface area contributed by atoms with Crippen molar-refractivity contribution in [1.29, 1.82) is 0 Å². The van der Waals surface area contributed by atoms with E-state index in [1.54, 1.807) is 24.3 Å². The molecule has 1 amide bonds. The number of hydrogen-bond donors (Lipinski definition) is 1. The molecule has 1 aromatic carbocycles. The zero-order valence-electron chi connectivity index (χ0n) is 13.1. The number of nitrogens with zero attached hydrogens (tertiary/aromatic N) is 1. The van der Waals surface area contributed by atoms with Gasteiger partial charge in [0.15, 0.2) is 17.8 Å². The van der Waals surface area contributed by atoms with E-state index in [9.17, 15) is 14.7 Å². The molecule has 0 fully saturated rings. The first-order chi connectivity index (χ1) is 10.9. The summed E-state index contributed by atoms with van der Waals surface area (Å²) < 4.78 is 10.2. The molecule has 0 unspecified atom stereocenters. The van der Waals surface area contributed by atoms with Gasteiger partial charge in [0, 0.05) is 19.2 Å². The summed E-state index contributed by atoms with van der Waals surface area (Å²) in [6, 6.07) is 6.10. The lowest BCUT2D eigenvalue weighted by Gasteiger charge is -2.29. The summed E-state index contributed by atoms with van der Waals surface area (Å²) in [5, 5.41) is 10.5. The number of carbonyl (C=O) groups excluding carboxylic acids is 2. The van der Waals surface area contributed by atoms with Crippen LogP contribution in [0.15, 0.2) is 35.6 Å². The maximum Gasteiger partial charge on any atom is 0.290 e. The molecular weight excluding hydrogens is 322 g/mol. The Morgan fingerprint density at radius 2 is 1.96 bits per heavy atom. The van der Waals surface area contributed by atoms with E-state index in [0.717, 1.165) is 0 Å². The standard InChI is InChI=1S/C16H18ClNO5/c1-9(19)13-14(10-6-4-5-7-11(10)17)18(16(21)15(13)20)8-12(22-2)23-3/h4-7,12,14,20H,8H2,1-3H3/t14-/m1/s1. The predicted octanol–water partition coefficient (Wildman–Crippen LogP) is 2.24. The average Bonchev–Trinajstić information content (AvgIpc) is 2.77. The van der Waals surface area contributed by atoms with Gasteiger partial charge in [0.25, 0.3) is 5.91 Å². The van der Waals surface area contributed by atoms with E-state index in [2.05, 4.69) is 0 Å². The number of rotatable bonds is 6. The smallest absolute Gasteiger partial charge is 0.290 e. The SMILES string of the molecule is COC(CN1C(=O)C(O)=C(C(C)=O)[C@H]1c1ccccc1Cl)OC. The van der Waals surface area contributed by atoms with Crippen molar-refractivity contribution >= 4 is 23.3 Å². The Balaban J connectivity index is 2.51. The minimum absolute atomic E-state index is 0.0223. The molecule has 0 bridgehead atoms. The number of benzene rings is 1. The summed E-state index contributed by atoms with van der Waals surface area (Å²) in [5.41, 5.74) is 0.580. The molecular formula is C16H18ClNO5. The lowest BCUT2D eigenvalue weighted by Crippen LogP contribution is -2.39. The number of hydrogen-bond acceptors (Lipinski definition) is 5. The molecule has 1 aliphatic heterocycles. The summed E-state index contributed by atoms with van der Waals surface area (Å²) in [6.45, 7) is 1.35. The van der Waals surface area contributed by atoms with Crippen LogP contribution in [0, 0.1) is 0 Å². The third-order valence-electron chi connectivity index (χ3n) is 3.75. The van der Waals surface area contributed by atoms with Gasteiger partial charge in [-0.05, 0) is 18.6 Å². The van der Waals surface area contributed by atoms with Crippen LogP contribution in [0.1, 0.15) is 18.5 Å². The average molecular weight is 340 g/mol. The van der Waals surface area contributed by atoms with Gasteiger partial charge < -0.3 is 19.5 Å². The first-order valence-corrected chi connectivity index (χ1v) is 7.35. The third-order valence-corrected chi connectivity index (χ3v) is 4.10. The van der Waals surface area contributed by atoms with Gasteiger partial charge in [-0.15, -0.1) is 0 Å². The fourth-order valence-electron chi connectivity index (χ4n) is 2.63. The van der Waals surface area contributed by atoms with Crippen LogP contribution in [0.3, 0.4) is 0 Å². The Hall–Kier alpha value is -1.89. The van der Waals surface area contributed by atoms with Gasteiger partial charge in [-0.2, -0.15) is 0 Å². The van der Waals surface area contributed by atoms with E-state index in [1.165, 1.54) is 26.0 Å². The molecule has 1 aliphatic rings. The number of Topliss-reactive ketones (excluding diaryl/α,β-unsaturated/α-hetero) is 1. The molecule has 1 heterocycles. The second-order valence-corrected chi connectivity index (χ2v) is 5.51. The van der Waals surface area contributed by atoms with Crippen molar-refractivity contribution in [2.45, 2.75) is 19.3 Å². The summed E-state index contributed by atoms with van der Waals surface area (Å²) in [7, 11) is 2.89. The van der Waals surface area contributed by atoms with Gasteiger partial charge in [-0.1, -0.05) is 29.8 Å². The maximum absolute atomic E-state index is 12.4. The Morgan fingerprint density at radius 3 is 2.48 bits per heavy atom. The molecule has 6 nitrogen and oxygen atoms in total. The van der Waals surface area contributed by atoms with Crippen molar-refractivity contribution < 1.29 is 24.2 Å². The number of aliphatic hydroxyl groups is 1. The van der Waals surface area contributed by atoms with E-state index < -0.39 is 29.8 Å². The van der Waals surface area contributed by atoms with Crippen molar-refractivity contribution in [3.63, 3.8) is 0 Å². The molecule has 0 aliphatic carbocycles. The molecule has 0 radical (unpaired) electrons. The first-order valence-electron chi connectivity index (χ1n) is 6.97. The molecule has 7 heteroatoms. The summed E-state index contributed by atoms with van der Waals surface area (Å²) in [4.78, 5) is 25.7. The largest absolute Gasteiger partial charge is 0.503 e. The maximum atomic E-state index is 12.4. The number of ketones is 1. The number of carbonyl (C=O) groups is 2. The Labute approximate surface area is 139 Å². The van der Waals surface area contributed by atoms with Crippen molar-refractivity contribution in [2.75, 3.05) is 20.8 Å². The molecule has 0 spiro atoms. The highest BCUT2D eigenvalue weighted by Crippen LogP contribution is 2.40. The Bertz CT molecular complexity index is 654. The Kier molecular flexibility index (Phi) is 5.41. The van der Waals surface area contributed by atoms with Crippen LogP contribution in [-0.4, -0.2) is 48.8 Å². The molecule has 0 saturated carbocycles. The molecule has 1 N–H and O–H groups in total. The fraction of sp³-hybridized carbons (Fsp3) is 0.375. The van der Waals surface area contributed by atoms with Crippen LogP contribution in [-0.2, 0) is 19.1 Å². The third kappa shape index (κ3) is 3.24. The van der Waals surface area contributed by atoms with Gasteiger partial charge in [0.05, 0.1) is 18.2 Å². The number of amides is 1. The Morgan fingerprint density at radius 1 is 1.35 bits per heavy atom. The quantitative estimate of drug-likeness (QED) is 0.804. The number of aliphatic hydroxyl groups excluding tert-OH is 1. The topological polar surface area (TPSA) is 76.1 Å². The van der Waals surface area contributed by atoms with E-state index in [0.29, 0.717) is 10.6 Å². The van der Waals surface area contributed by atoms with E-state index in [4.69, 9.17) is 21.1 Å². The van der Waals surface area contributed by atoms with Gasteiger partial charge in [0.2, 0.25) is 0 Å². The molecule has 2 rings (SSSR count). The van der Waals surface area contributed by atoms with Crippen LogP contribution in [0.5, 0.6) is 0 Å². The zero-order valence-corrected chi connectivity index (χ0v) is 13.8. The molecule has 0 aromatic heterocycles. The number of halogens is 1. The van der Waals surface area contributed by atoms with Gasteiger partial charge in [0.1, 0.15) is 0 Å². The monoisotopic (exact) mass is 339 g/mol. The van der Waals surface area contributed by atoms with E-state index in [1.807, 2.05) is 0 Å². The highest BCUT2D eigenvalue weighted by atomic mass is 35.5. The lowest BCUT2D eigenvalue weighted by molar-refractivity contribution is -0.144. The van der Waals surface area contributed by atoms with Crippen molar-refractivity contribution in [3.8, 4) is 0 Å². The predicted molar refractivity (Wildman–Crippen MR) is 84.0 cm³/mol. The second-order valence-electron chi connectivity index (χ2n) is 5.10. The van der Waals surface area contributed by atoms with Crippen LogP contribution >= 0.6 is 11.6 Å². The molecule has 1 atom stereocenters. The molecule has 23 heavy (non-hydrogen) atoms. The van der Waals surface area contributed by atoms with Gasteiger partial charge in [-0.25, -0.2) is 0 Å². The number of methoxy groups -OCH3 is 2. The lowest BCUT2D eigenvalue weighted by atomic mass is 9.96. The van der Waals surface area contributed by atoms with Crippen molar-refractivity contribution in [3.05, 3.63) is 46.2 Å². The van der Waals surface area contributed by atoms with Gasteiger partial charge >= 0.3 is 0 Å². The van der Waals surface area contributed by atoms with Crippen LogP contribution in [0.2, 0.25) is 5.02 Å². The highest BCUT2D eigenvalue weighted by molar-refractivity contribution is 6.31. The summed E-state index contributed by atoms with van der Waals surface area (Å²) >= 11 is 6.22. The van der Waals surface area contributed by atoms with E-state index in [-0.39, 0.29) is 12.1 Å².